The first-order valence-corrected chi connectivity index (χ1v) is 4.81. The topological polar surface area (TPSA) is 62.1 Å². The molecule has 0 aliphatic rings. The van der Waals surface area contributed by atoms with Gasteiger partial charge in [-0.3, -0.25) is 4.79 Å². The molecule has 1 aromatic rings. The highest BCUT2D eigenvalue weighted by Gasteiger charge is 2.14. The van der Waals surface area contributed by atoms with E-state index >= 15 is 0 Å². The van der Waals surface area contributed by atoms with E-state index in [1.54, 1.807) is 7.05 Å². The second-order valence-corrected chi connectivity index (χ2v) is 3.65. The minimum atomic E-state index is -0.177. The van der Waals surface area contributed by atoms with Crippen molar-refractivity contribution in [1.82, 2.24) is 9.88 Å². The quantitative estimate of drug-likeness (QED) is 0.832. The first-order valence-electron chi connectivity index (χ1n) is 4.05. The lowest BCUT2D eigenvalue weighted by Gasteiger charge is -2.14. The van der Waals surface area contributed by atoms with E-state index in [1.165, 1.54) is 11.0 Å². The highest BCUT2D eigenvalue weighted by atomic mass is 35.5. The number of amides is 1. The average molecular weight is 236 g/mol. The molecule has 3 N–H and O–H groups in total. The van der Waals surface area contributed by atoms with E-state index in [9.17, 15) is 4.79 Å². The summed E-state index contributed by atoms with van der Waals surface area (Å²) in [5.41, 5.74) is 5.70. The maximum Gasteiger partial charge on any atom is 0.270 e. The summed E-state index contributed by atoms with van der Waals surface area (Å²) in [5, 5.41) is 0.618. The van der Waals surface area contributed by atoms with Crippen LogP contribution in [0.4, 0.5) is 0 Å². The molecule has 4 nitrogen and oxygen atoms in total. The Hall–Kier alpha value is -0.710. The third-order valence-electron chi connectivity index (χ3n) is 1.77. The van der Waals surface area contributed by atoms with Crippen LogP contribution in [0.15, 0.2) is 6.07 Å². The number of nitrogens with zero attached hydrogens (tertiary/aromatic N) is 1. The van der Waals surface area contributed by atoms with Gasteiger partial charge in [0.15, 0.2) is 0 Å². The molecule has 0 bridgehead atoms. The Labute approximate surface area is 92.0 Å². The highest BCUT2D eigenvalue weighted by Crippen LogP contribution is 2.22. The summed E-state index contributed by atoms with van der Waals surface area (Å²) in [5.74, 6) is -0.177. The molecule has 0 aliphatic carbocycles. The summed E-state index contributed by atoms with van der Waals surface area (Å²) >= 11 is 11.4. The van der Waals surface area contributed by atoms with Gasteiger partial charge >= 0.3 is 0 Å². The van der Waals surface area contributed by atoms with Gasteiger partial charge in [0.1, 0.15) is 10.8 Å². The van der Waals surface area contributed by atoms with Gasteiger partial charge in [-0.05, 0) is 6.07 Å². The second-order valence-electron chi connectivity index (χ2n) is 2.86. The number of hydrogen-bond acceptors (Lipinski definition) is 2. The summed E-state index contributed by atoms with van der Waals surface area (Å²) in [6.07, 6.45) is 0. The minimum Gasteiger partial charge on any atom is -0.340 e. The van der Waals surface area contributed by atoms with E-state index in [1.807, 2.05) is 0 Å². The molecule has 0 unspecified atom stereocenters. The van der Waals surface area contributed by atoms with Crippen LogP contribution < -0.4 is 5.73 Å². The van der Waals surface area contributed by atoms with Crippen LogP contribution in [0.2, 0.25) is 10.2 Å². The predicted octanol–water partition coefficient (Wildman–Crippen LogP) is 1.35. The lowest BCUT2D eigenvalue weighted by Crippen LogP contribution is -2.31. The smallest absolute Gasteiger partial charge is 0.270 e. The predicted molar refractivity (Wildman–Crippen MR) is 56.8 cm³/mol. The minimum absolute atomic E-state index is 0.177. The number of rotatable bonds is 3. The molecule has 0 fully saturated rings. The number of carbonyl (C=O) groups is 1. The summed E-state index contributed by atoms with van der Waals surface area (Å²) in [7, 11) is 1.66. The van der Waals surface area contributed by atoms with Crippen LogP contribution in [0.5, 0.6) is 0 Å². The van der Waals surface area contributed by atoms with Gasteiger partial charge in [0.25, 0.3) is 5.91 Å². The monoisotopic (exact) mass is 235 g/mol. The molecule has 6 heteroatoms. The SMILES string of the molecule is CN(CCN)C(=O)c1cc(Cl)c(Cl)[nH]1. The van der Waals surface area contributed by atoms with Crippen molar-refractivity contribution in [2.45, 2.75) is 0 Å². The fourth-order valence-electron chi connectivity index (χ4n) is 1.02. The molecule has 0 aromatic carbocycles. The molecule has 1 aromatic heterocycles. The number of likely N-dealkylation sites (N-methyl/N-ethyl adjacent to an activating group) is 1. The molecule has 1 heterocycles. The number of H-pyrrole nitrogens is 1. The first kappa shape index (κ1) is 11.4. The van der Waals surface area contributed by atoms with Crippen molar-refractivity contribution in [3.63, 3.8) is 0 Å². The maximum absolute atomic E-state index is 11.6. The van der Waals surface area contributed by atoms with Gasteiger partial charge in [0.2, 0.25) is 0 Å². The summed E-state index contributed by atoms with van der Waals surface area (Å²) < 4.78 is 0. The summed E-state index contributed by atoms with van der Waals surface area (Å²) in [4.78, 5) is 15.8. The normalized spacial score (nSPS) is 10.3. The number of nitrogens with two attached hydrogens (primary N) is 1. The molecule has 1 rings (SSSR count). The second kappa shape index (κ2) is 4.68. The van der Waals surface area contributed by atoms with Crippen LogP contribution in [-0.4, -0.2) is 35.9 Å². The Morgan fingerprint density at radius 1 is 1.64 bits per heavy atom. The molecule has 0 spiro atoms. The number of halogens is 2. The van der Waals surface area contributed by atoms with Crippen molar-refractivity contribution in [3.05, 3.63) is 21.9 Å². The Kier molecular flexibility index (Phi) is 3.80. The van der Waals surface area contributed by atoms with Crippen LogP contribution in [0, 0.1) is 0 Å². The van der Waals surface area contributed by atoms with Crippen molar-refractivity contribution < 1.29 is 4.79 Å². The van der Waals surface area contributed by atoms with Gasteiger partial charge in [-0.15, -0.1) is 0 Å². The number of carbonyl (C=O) groups excluding carboxylic acids is 1. The van der Waals surface area contributed by atoms with Crippen LogP contribution in [0.3, 0.4) is 0 Å². The van der Waals surface area contributed by atoms with E-state index < -0.39 is 0 Å². The van der Waals surface area contributed by atoms with Crippen LogP contribution in [0.1, 0.15) is 10.5 Å². The third-order valence-corrected chi connectivity index (χ3v) is 2.46. The Morgan fingerprint density at radius 2 is 2.29 bits per heavy atom. The fraction of sp³-hybridized carbons (Fsp3) is 0.375. The molecular formula is C8H11Cl2N3O. The molecule has 1 amide bonds. The number of aromatic nitrogens is 1. The van der Waals surface area contributed by atoms with Crippen molar-refractivity contribution in [3.8, 4) is 0 Å². The molecule has 0 saturated carbocycles. The first-order chi connectivity index (χ1) is 6.56. The van der Waals surface area contributed by atoms with Crippen LogP contribution in [-0.2, 0) is 0 Å². The van der Waals surface area contributed by atoms with Crippen LogP contribution in [0.25, 0.3) is 0 Å². The van der Waals surface area contributed by atoms with Crippen LogP contribution >= 0.6 is 23.2 Å². The standard InChI is InChI=1S/C8H11Cl2N3O/c1-13(3-2-11)8(14)6-4-5(9)7(10)12-6/h4,12H,2-3,11H2,1H3. The lowest BCUT2D eigenvalue weighted by atomic mass is 10.4. The van der Waals surface area contributed by atoms with Crippen molar-refractivity contribution in [1.29, 1.82) is 0 Å². The molecule has 0 atom stereocenters. The average Bonchev–Trinajstić information content (AvgIpc) is 2.46. The number of hydrogen-bond donors (Lipinski definition) is 2. The Morgan fingerprint density at radius 3 is 2.71 bits per heavy atom. The van der Waals surface area contributed by atoms with E-state index in [-0.39, 0.29) is 11.1 Å². The zero-order valence-electron chi connectivity index (χ0n) is 7.68. The fourth-order valence-corrected chi connectivity index (χ4v) is 1.33. The zero-order chi connectivity index (χ0) is 10.7. The van der Waals surface area contributed by atoms with Gasteiger partial charge in [-0.2, -0.15) is 0 Å². The lowest BCUT2D eigenvalue weighted by molar-refractivity contribution is 0.0794. The van der Waals surface area contributed by atoms with E-state index in [0.29, 0.717) is 23.8 Å². The molecule has 78 valence electrons. The van der Waals surface area contributed by atoms with Gasteiger partial charge in [-0.1, -0.05) is 23.2 Å². The molecule has 0 aliphatic heterocycles. The summed E-state index contributed by atoms with van der Waals surface area (Å²) in [6.45, 7) is 0.914. The molecule has 0 radical (unpaired) electrons. The number of nitrogens with one attached hydrogen (secondary N) is 1. The molecular weight excluding hydrogens is 225 g/mol. The van der Waals surface area contributed by atoms with Crippen molar-refractivity contribution >= 4 is 29.1 Å². The third kappa shape index (κ3) is 2.41. The van der Waals surface area contributed by atoms with Gasteiger partial charge < -0.3 is 15.6 Å². The van der Waals surface area contributed by atoms with Crippen molar-refractivity contribution in [2.24, 2.45) is 5.73 Å². The Bertz CT molecular complexity index is 318. The van der Waals surface area contributed by atoms with Gasteiger partial charge in [0.05, 0.1) is 5.02 Å². The summed E-state index contributed by atoms with van der Waals surface area (Å²) in [6, 6.07) is 1.50. The highest BCUT2D eigenvalue weighted by molar-refractivity contribution is 6.41. The molecule has 14 heavy (non-hydrogen) atoms. The molecule has 0 saturated heterocycles. The van der Waals surface area contributed by atoms with E-state index in [0.717, 1.165) is 0 Å². The largest absolute Gasteiger partial charge is 0.340 e. The Balaban J connectivity index is 2.79. The number of aromatic amines is 1. The van der Waals surface area contributed by atoms with Gasteiger partial charge in [-0.25, -0.2) is 0 Å². The van der Waals surface area contributed by atoms with Crippen molar-refractivity contribution in [2.75, 3.05) is 20.1 Å². The zero-order valence-corrected chi connectivity index (χ0v) is 9.19. The van der Waals surface area contributed by atoms with E-state index in [2.05, 4.69) is 4.98 Å². The van der Waals surface area contributed by atoms with E-state index in [4.69, 9.17) is 28.9 Å². The maximum atomic E-state index is 11.6. The van der Waals surface area contributed by atoms with Gasteiger partial charge in [0, 0.05) is 20.1 Å².